The van der Waals surface area contributed by atoms with Crippen LogP contribution in [0.4, 0.5) is 0 Å². The fourth-order valence-corrected chi connectivity index (χ4v) is 3.30. The van der Waals surface area contributed by atoms with Crippen molar-refractivity contribution in [2.45, 2.75) is 13.3 Å². The highest BCUT2D eigenvalue weighted by atomic mass is 14.7. The van der Waals surface area contributed by atoms with Gasteiger partial charge in [-0.15, -0.1) is 0 Å². The Morgan fingerprint density at radius 3 is 1.81 bits per heavy atom. The molecule has 3 aromatic carbocycles. The van der Waals surface area contributed by atoms with Crippen LogP contribution in [0.25, 0.3) is 22.4 Å². The number of nitrogens with zero attached hydrogens (tertiary/aromatic N) is 1. The maximum Gasteiger partial charge on any atom is 0.0783 e. The van der Waals surface area contributed by atoms with Gasteiger partial charge in [-0.2, -0.15) is 0 Å². The van der Waals surface area contributed by atoms with E-state index in [1.54, 1.807) is 0 Å². The molecule has 0 saturated heterocycles. The van der Waals surface area contributed by atoms with Gasteiger partial charge < -0.3 is 0 Å². The lowest BCUT2D eigenvalue weighted by Crippen LogP contribution is -1.99. The van der Waals surface area contributed by atoms with Gasteiger partial charge in [0.2, 0.25) is 0 Å². The summed E-state index contributed by atoms with van der Waals surface area (Å²) in [6.07, 6.45) is 0.897. The van der Waals surface area contributed by atoms with Crippen LogP contribution < -0.4 is 0 Å². The molecule has 1 heterocycles. The monoisotopic (exact) mass is 335 g/mol. The van der Waals surface area contributed by atoms with Gasteiger partial charge in [-0.05, 0) is 36.1 Å². The van der Waals surface area contributed by atoms with Gasteiger partial charge in [0.25, 0.3) is 0 Å². The number of pyridine rings is 1. The highest BCUT2D eigenvalue weighted by Gasteiger charge is 2.13. The van der Waals surface area contributed by atoms with Crippen LogP contribution in [-0.4, -0.2) is 4.98 Å². The minimum atomic E-state index is 0.897. The van der Waals surface area contributed by atoms with E-state index in [1.165, 1.54) is 22.3 Å². The van der Waals surface area contributed by atoms with Crippen LogP contribution in [0.5, 0.6) is 0 Å². The summed E-state index contributed by atoms with van der Waals surface area (Å²) in [5.74, 6) is 0. The molecule has 0 unspecified atom stereocenters. The Morgan fingerprint density at radius 1 is 0.654 bits per heavy atom. The van der Waals surface area contributed by atoms with Gasteiger partial charge in [-0.3, -0.25) is 4.98 Å². The van der Waals surface area contributed by atoms with Crippen molar-refractivity contribution in [2.24, 2.45) is 0 Å². The van der Waals surface area contributed by atoms with Crippen molar-refractivity contribution < 1.29 is 0 Å². The molecule has 0 fully saturated rings. The molecule has 0 amide bonds. The maximum absolute atomic E-state index is 5.02. The summed E-state index contributed by atoms with van der Waals surface area (Å²) in [6, 6.07) is 33.9. The lowest BCUT2D eigenvalue weighted by Gasteiger charge is -2.15. The molecule has 1 heteroatoms. The first-order chi connectivity index (χ1) is 12.8. The van der Waals surface area contributed by atoms with Gasteiger partial charge in [-0.25, -0.2) is 0 Å². The van der Waals surface area contributed by atoms with Crippen LogP contribution in [0, 0.1) is 6.92 Å². The van der Waals surface area contributed by atoms with Crippen LogP contribution in [0.2, 0.25) is 0 Å². The van der Waals surface area contributed by atoms with E-state index in [1.807, 2.05) is 6.07 Å². The number of aromatic nitrogens is 1. The van der Waals surface area contributed by atoms with Crippen molar-refractivity contribution in [1.29, 1.82) is 0 Å². The summed E-state index contributed by atoms with van der Waals surface area (Å²) in [5.41, 5.74) is 8.26. The summed E-state index contributed by atoms with van der Waals surface area (Å²) < 4.78 is 0. The second-order valence-corrected chi connectivity index (χ2v) is 6.52. The molecule has 0 aliphatic rings. The average Bonchev–Trinajstić information content (AvgIpc) is 2.71. The Morgan fingerprint density at radius 2 is 1.19 bits per heavy atom. The Labute approximate surface area is 155 Å². The van der Waals surface area contributed by atoms with Gasteiger partial charge >= 0.3 is 0 Å². The molecule has 4 aromatic rings. The predicted molar refractivity (Wildman–Crippen MR) is 109 cm³/mol. The number of hydrogen-bond acceptors (Lipinski definition) is 1. The van der Waals surface area contributed by atoms with Crippen molar-refractivity contribution >= 4 is 0 Å². The van der Waals surface area contributed by atoms with Crippen molar-refractivity contribution in [2.75, 3.05) is 0 Å². The highest BCUT2D eigenvalue weighted by molar-refractivity contribution is 5.81. The van der Waals surface area contributed by atoms with Crippen LogP contribution in [-0.2, 0) is 6.42 Å². The average molecular weight is 335 g/mol. The molecule has 0 saturated carbocycles. The fourth-order valence-electron chi connectivity index (χ4n) is 3.30. The zero-order chi connectivity index (χ0) is 17.8. The van der Waals surface area contributed by atoms with Gasteiger partial charge in [0.05, 0.1) is 5.69 Å². The van der Waals surface area contributed by atoms with E-state index in [4.69, 9.17) is 4.98 Å². The molecule has 1 nitrogen and oxygen atoms in total. The Kier molecular flexibility index (Phi) is 4.61. The summed E-state index contributed by atoms with van der Waals surface area (Å²) in [6.45, 7) is 2.11. The molecule has 0 N–H and O–H groups in total. The highest BCUT2D eigenvalue weighted by Crippen LogP contribution is 2.32. The van der Waals surface area contributed by atoms with Gasteiger partial charge in [0, 0.05) is 16.8 Å². The standard InChI is InChI=1S/C25H21N/c1-19-23(17-20-11-5-2-6-12-20)18-24(21-13-7-3-8-14-21)25(26-19)22-15-9-4-10-16-22/h2-16,18H,17H2,1H3. The third-order valence-corrected chi connectivity index (χ3v) is 4.69. The van der Waals surface area contributed by atoms with Crippen molar-refractivity contribution in [1.82, 2.24) is 4.98 Å². The topological polar surface area (TPSA) is 12.9 Å². The Balaban J connectivity index is 1.86. The SMILES string of the molecule is Cc1nc(-c2ccccc2)c(-c2ccccc2)cc1Cc1ccccc1. The summed E-state index contributed by atoms with van der Waals surface area (Å²) in [4.78, 5) is 5.02. The Bertz CT molecular complexity index is 990. The predicted octanol–water partition coefficient (Wildman–Crippen LogP) is 6.31. The molecule has 0 atom stereocenters. The van der Waals surface area contributed by atoms with Gasteiger partial charge in [0.15, 0.2) is 0 Å². The van der Waals surface area contributed by atoms with Crippen LogP contribution in [0.1, 0.15) is 16.8 Å². The van der Waals surface area contributed by atoms with Crippen molar-refractivity contribution in [3.63, 3.8) is 0 Å². The lowest BCUT2D eigenvalue weighted by atomic mass is 9.94. The molecule has 0 radical (unpaired) electrons. The van der Waals surface area contributed by atoms with E-state index in [2.05, 4.69) is 97.9 Å². The van der Waals surface area contributed by atoms with Crippen LogP contribution >= 0.6 is 0 Å². The van der Waals surface area contributed by atoms with E-state index in [0.717, 1.165) is 23.4 Å². The molecule has 0 bridgehead atoms. The third kappa shape index (κ3) is 3.43. The van der Waals surface area contributed by atoms with E-state index in [0.29, 0.717) is 0 Å². The second kappa shape index (κ2) is 7.37. The molecule has 0 aliphatic heterocycles. The molecule has 26 heavy (non-hydrogen) atoms. The smallest absolute Gasteiger partial charge is 0.0783 e. The fraction of sp³-hybridized carbons (Fsp3) is 0.0800. The van der Waals surface area contributed by atoms with Gasteiger partial charge in [-0.1, -0.05) is 91.0 Å². The minimum absolute atomic E-state index is 0.897. The van der Waals surface area contributed by atoms with E-state index in [-0.39, 0.29) is 0 Å². The maximum atomic E-state index is 5.02. The molecule has 0 spiro atoms. The normalized spacial score (nSPS) is 10.7. The molecular formula is C25H21N. The van der Waals surface area contributed by atoms with Crippen molar-refractivity contribution in [3.05, 3.63) is 114 Å². The number of benzene rings is 3. The number of aryl methyl sites for hydroxylation is 1. The van der Waals surface area contributed by atoms with Crippen LogP contribution in [0.15, 0.2) is 97.1 Å². The second-order valence-electron chi connectivity index (χ2n) is 6.52. The lowest BCUT2D eigenvalue weighted by molar-refractivity contribution is 1.08. The van der Waals surface area contributed by atoms with E-state index < -0.39 is 0 Å². The molecule has 0 aliphatic carbocycles. The van der Waals surface area contributed by atoms with E-state index in [9.17, 15) is 0 Å². The summed E-state index contributed by atoms with van der Waals surface area (Å²) in [7, 11) is 0. The van der Waals surface area contributed by atoms with E-state index >= 15 is 0 Å². The number of rotatable bonds is 4. The van der Waals surface area contributed by atoms with Crippen molar-refractivity contribution in [3.8, 4) is 22.4 Å². The third-order valence-electron chi connectivity index (χ3n) is 4.69. The molecule has 126 valence electrons. The quantitative estimate of drug-likeness (QED) is 0.425. The first kappa shape index (κ1) is 16.3. The summed E-state index contributed by atoms with van der Waals surface area (Å²) in [5, 5.41) is 0. The largest absolute Gasteiger partial charge is 0.252 e. The zero-order valence-corrected chi connectivity index (χ0v) is 14.9. The number of hydrogen-bond donors (Lipinski definition) is 0. The Hall–Kier alpha value is -3.19. The van der Waals surface area contributed by atoms with Gasteiger partial charge in [0.1, 0.15) is 0 Å². The first-order valence-corrected chi connectivity index (χ1v) is 8.96. The zero-order valence-electron chi connectivity index (χ0n) is 14.9. The molecule has 4 rings (SSSR count). The first-order valence-electron chi connectivity index (χ1n) is 8.96. The molecule has 1 aromatic heterocycles. The minimum Gasteiger partial charge on any atom is -0.252 e. The molecular weight excluding hydrogens is 314 g/mol. The van der Waals surface area contributed by atoms with Crippen LogP contribution in [0.3, 0.4) is 0 Å². The summed E-state index contributed by atoms with van der Waals surface area (Å²) >= 11 is 0.